The van der Waals surface area contributed by atoms with Gasteiger partial charge in [0.05, 0.1) is 28.4 Å². The monoisotopic (exact) mass is 357 g/mol. The molecule has 0 aromatic heterocycles. The van der Waals surface area contributed by atoms with Crippen LogP contribution in [0, 0.1) is 0 Å². The molecule has 0 fully saturated rings. The van der Waals surface area contributed by atoms with E-state index >= 15 is 0 Å². The molecule has 0 saturated carbocycles. The quantitative estimate of drug-likeness (QED) is 0.877. The molecule has 0 saturated heterocycles. The van der Waals surface area contributed by atoms with Gasteiger partial charge in [-0.25, -0.2) is 0 Å². The van der Waals surface area contributed by atoms with E-state index in [0.717, 1.165) is 47.2 Å². The van der Waals surface area contributed by atoms with Crippen LogP contribution in [0.1, 0.15) is 22.7 Å². The summed E-state index contributed by atoms with van der Waals surface area (Å²) < 4.78 is 22.2. The van der Waals surface area contributed by atoms with E-state index in [1.54, 1.807) is 28.4 Å². The number of phenols is 1. The van der Waals surface area contributed by atoms with Crippen LogP contribution in [0.3, 0.4) is 0 Å². The Kier molecular flexibility index (Phi) is 4.07. The van der Waals surface area contributed by atoms with Crippen molar-refractivity contribution in [3.05, 3.63) is 28.8 Å². The second kappa shape index (κ2) is 6.29. The lowest BCUT2D eigenvalue weighted by Gasteiger charge is -2.36. The molecule has 26 heavy (non-hydrogen) atoms. The summed E-state index contributed by atoms with van der Waals surface area (Å²) in [5.74, 6) is 2.47. The van der Waals surface area contributed by atoms with Crippen molar-refractivity contribution < 1.29 is 24.1 Å². The Hall–Kier alpha value is -2.60. The van der Waals surface area contributed by atoms with Crippen molar-refractivity contribution >= 4 is 0 Å². The third-order valence-corrected chi connectivity index (χ3v) is 5.35. The molecule has 0 bridgehead atoms. The van der Waals surface area contributed by atoms with Crippen LogP contribution in [0.25, 0.3) is 11.1 Å². The number of phenolic OH excluding ortho intramolecular Hbond substituents is 1. The number of hydrogen-bond donors (Lipinski definition) is 2. The van der Waals surface area contributed by atoms with E-state index in [1.807, 2.05) is 12.1 Å². The van der Waals surface area contributed by atoms with Gasteiger partial charge in [0.15, 0.2) is 23.0 Å². The molecule has 1 heterocycles. The van der Waals surface area contributed by atoms with Gasteiger partial charge in [0.1, 0.15) is 0 Å². The van der Waals surface area contributed by atoms with E-state index < -0.39 is 0 Å². The highest BCUT2D eigenvalue weighted by molar-refractivity contribution is 5.87. The zero-order chi connectivity index (χ0) is 18.4. The molecular formula is C20H23NO5. The summed E-state index contributed by atoms with van der Waals surface area (Å²) in [5, 5.41) is 14.3. The van der Waals surface area contributed by atoms with Crippen molar-refractivity contribution in [3.8, 4) is 39.9 Å². The zero-order valence-electron chi connectivity index (χ0n) is 15.4. The molecular weight excluding hydrogens is 334 g/mol. The van der Waals surface area contributed by atoms with E-state index in [-0.39, 0.29) is 11.8 Å². The summed E-state index contributed by atoms with van der Waals surface area (Å²) in [7, 11) is 6.41. The molecule has 138 valence electrons. The Bertz CT molecular complexity index is 877. The van der Waals surface area contributed by atoms with Crippen molar-refractivity contribution in [2.75, 3.05) is 35.0 Å². The average Bonchev–Trinajstić information content (AvgIpc) is 2.68. The van der Waals surface area contributed by atoms with Gasteiger partial charge < -0.3 is 29.4 Å². The van der Waals surface area contributed by atoms with Crippen LogP contribution in [0.2, 0.25) is 0 Å². The largest absolute Gasteiger partial charge is 0.504 e. The van der Waals surface area contributed by atoms with Crippen LogP contribution >= 0.6 is 0 Å². The maximum absolute atomic E-state index is 10.8. The summed E-state index contributed by atoms with van der Waals surface area (Å²) >= 11 is 0. The van der Waals surface area contributed by atoms with Gasteiger partial charge in [-0.2, -0.15) is 0 Å². The number of ether oxygens (including phenoxy) is 4. The van der Waals surface area contributed by atoms with Crippen LogP contribution in [-0.4, -0.2) is 40.1 Å². The second-order valence-electron chi connectivity index (χ2n) is 6.51. The van der Waals surface area contributed by atoms with Gasteiger partial charge in [0.2, 0.25) is 5.75 Å². The minimum atomic E-state index is 0.116. The van der Waals surface area contributed by atoms with Gasteiger partial charge in [0, 0.05) is 17.2 Å². The maximum atomic E-state index is 10.8. The Balaban J connectivity index is 2.09. The molecule has 0 spiro atoms. The van der Waals surface area contributed by atoms with E-state index in [1.165, 1.54) is 0 Å². The SMILES string of the molecule is COc1cc2c(cc1OC)-c1c(OC)c(OC)c(O)c3c1[C@H](C2)NCC3. The Morgan fingerprint density at radius 2 is 1.65 bits per heavy atom. The molecule has 0 radical (unpaired) electrons. The lowest BCUT2D eigenvalue weighted by molar-refractivity contribution is 0.327. The third kappa shape index (κ3) is 2.22. The summed E-state index contributed by atoms with van der Waals surface area (Å²) in [6.45, 7) is 0.808. The number of rotatable bonds is 4. The molecule has 6 heteroatoms. The molecule has 1 aliphatic heterocycles. The van der Waals surface area contributed by atoms with Gasteiger partial charge in [-0.1, -0.05) is 0 Å². The number of benzene rings is 2. The molecule has 1 aliphatic carbocycles. The van der Waals surface area contributed by atoms with Crippen molar-refractivity contribution in [3.63, 3.8) is 0 Å². The summed E-state index contributed by atoms with van der Waals surface area (Å²) in [5.41, 5.74) is 5.14. The first-order chi connectivity index (χ1) is 12.6. The maximum Gasteiger partial charge on any atom is 0.204 e. The second-order valence-corrected chi connectivity index (χ2v) is 6.51. The number of aromatic hydroxyl groups is 1. The third-order valence-electron chi connectivity index (χ3n) is 5.35. The lowest BCUT2D eigenvalue weighted by Crippen LogP contribution is -2.34. The highest BCUT2D eigenvalue weighted by atomic mass is 16.5. The van der Waals surface area contributed by atoms with Crippen molar-refractivity contribution in [1.82, 2.24) is 5.32 Å². The van der Waals surface area contributed by atoms with E-state index in [4.69, 9.17) is 18.9 Å². The molecule has 2 aliphatic rings. The van der Waals surface area contributed by atoms with Gasteiger partial charge in [-0.15, -0.1) is 0 Å². The van der Waals surface area contributed by atoms with Gasteiger partial charge >= 0.3 is 0 Å². The minimum absolute atomic E-state index is 0.116. The van der Waals surface area contributed by atoms with Gasteiger partial charge in [0.25, 0.3) is 0 Å². The molecule has 2 aromatic rings. The Morgan fingerprint density at radius 3 is 2.31 bits per heavy atom. The van der Waals surface area contributed by atoms with Crippen molar-refractivity contribution in [1.29, 1.82) is 0 Å². The van der Waals surface area contributed by atoms with Crippen molar-refractivity contribution in [2.45, 2.75) is 18.9 Å². The predicted octanol–water partition coefficient (Wildman–Crippen LogP) is 2.84. The zero-order valence-corrected chi connectivity index (χ0v) is 15.4. The average molecular weight is 357 g/mol. The minimum Gasteiger partial charge on any atom is -0.504 e. The van der Waals surface area contributed by atoms with Crippen LogP contribution in [0.5, 0.6) is 28.7 Å². The first-order valence-electron chi connectivity index (χ1n) is 8.62. The first kappa shape index (κ1) is 16.8. The van der Waals surface area contributed by atoms with Crippen molar-refractivity contribution in [2.24, 2.45) is 0 Å². The van der Waals surface area contributed by atoms with Crippen LogP contribution in [0.15, 0.2) is 12.1 Å². The molecule has 0 amide bonds. The number of methoxy groups -OCH3 is 4. The van der Waals surface area contributed by atoms with Crippen LogP contribution < -0.4 is 24.3 Å². The molecule has 0 unspecified atom stereocenters. The molecule has 1 atom stereocenters. The molecule has 6 nitrogen and oxygen atoms in total. The molecule has 2 aromatic carbocycles. The predicted molar refractivity (Wildman–Crippen MR) is 97.9 cm³/mol. The van der Waals surface area contributed by atoms with E-state index in [0.29, 0.717) is 23.0 Å². The van der Waals surface area contributed by atoms with Crippen LogP contribution in [-0.2, 0) is 12.8 Å². The summed E-state index contributed by atoms with van der Waals surface area (Å²) in [6, 6.07) is 4.12. The van der Waals surface area contributed by atoms with Crippen LogP contribution in [0.4, 0.5) is 0 Å². The van der Waals surface area contributed by atoms with E-state index in [9.17, 15) is 5.11 Å². The fourth-order valence-electron chi connectivity index (χ4n) is 4.24. The highest BCUT2D eigenvalue weighted by Crippen LogP contribution is 2.56. The standard InChI is InChI=1S/C20H23NO5/c1-23-14-8-10-7-13-16-11(5-6-21-13)18(22)20(26-4)19(25-3)17(16)12(10)9-15(14)24-2/h8-9,13,21-22H,5-7H2,1-4H3/t13-/m0/s1. The Morgan fingerprint density at radius 1 is 0.962 bits per heavy atom. The van der Waals surface area contributed by atoms with Gasteiger partial charge in [-0.05, 0) is 48.2 Å². The lowest BCUT2D eigenvalue weighted by atomic mass is 9.76. The Labute approximate surface area is 152 Å². The summed E-state index contributed by atoms with van der Waals surface area (Å²) in [6.07, 6.45) is 1.55. The first-order valence-corrected chi connectivity index (χ1v) is 8.62. The fourth-order valence-corrected chi connectivity index (χ4v) is 4.24. The number of fused-ring (bicyclic) bond motifs is 2. The van der Waals surface area contributed by atoms with Gasteiger partial charge in [-0.3, -0.25) is 0 Å². The van der Waals surface area contributed by atoms with E-state index in [2.05, 4.69) is 5.32 Å². The topological polar surface area (TPSA) is 69.2 Å². The normalized spacial score (nSPS) is 17.2. The number of nitrogens with one attached hydrogen (secondary N) is 1. The highest BCUT2D eigenvalue weighted by Gasteiger charge is 2.37. The molecule has 2 N–H and O–H groups in total. The smallest absolute Gasteiger partial charge is 0.204 e. The summed E-state index contributed by atoms with van der Waals surface area (Å²) in [4.78, 5) is 0. The number of hydrogen-bond acceptors (Lipinski definition) is 6. The molecule has 4 rings (SSSR count). The fraction of sp³-hybridized carbons (Fsp3) is 0.400.